The fraction of sp³-hybridized carbons (Fsp3) is 0.320. The fourth-order valence-electron chi connectivity index (χ4n) is 3.26. The van der Waals surface area contributed by atoms with Gasteiger partial charge in [-0.15, -0.1) is 0 Å². The first kappa shape index (κ1) is 21.5. The third-order valence-electron chi connectivity index (χ3n) is 4.97. The minimum absolute atomic E-state index is 0.143. The molecule has 5 heteroatoms. The zero-order chi connectivity index (χ0) is 21.7. The quantitative estimate of drug-likeness (QED) is 0.436. The van der Waals surface area contributed by atoms with Crippen molar-refractivity contribution >= 4 is 11.6 Å². The Labute approximate surface area is 177 Å². The summed E-state index contributed by atoms with van der Waals surface area (Å²) >= 11 is 0. The Balaban J connectivity index is 1.63. The molecule has 3 aromatic rings. The number of furan rings is 1. The van der Waals surface area contributed by atoms with Crippen molar-refractivity contribution in [3.63, 3.8) is 0 Å². The van der Waals surface area contributed by atoms with Crippen molar-refractivity contribution in [2.24, 2.45) is 0 Å². The second-order valence-electron chi connectivity index (χ2n) is 7.78. The average Bonchev–Trinajstić information content (AvgIpc) is 3.18. The maximum absolute atomic E-state index is 12.6. The van der Waals surface area contributed by atoms with Crippen LogP contribution in [-0.4, -0.2) is 11.0 Å². The largest absolute Gasteiger partial charge is 0.508 e. The summed E-state index contributed by atoms with van der Waals surface area (Å²) in [6.07, 6.45) is 2.16. The Morgan fingerprint density at radius 2 is 1.87 bits per heavy atom. The van der Waals surface area contributed by atoms with Crippen LogP contribution in [0.15, 0.2) is 52.9 Å². The molecule has 1 amide bonds. The molecule has 0 spiro atoms. The zero-order valence-corrected chi connectivity index (χ0v) is 18.0. The topological polar surface area (TPSA) is 71.7 Å². The van der Waals surface area contributed by atoms with Gasteiger partial charge in [0.1, 0.15) is 23.9 Å². The highest BCUT2D eigenvalue weighted by molar-refractivity contribution is 6.02. The molecular weight excluding hydrogens is 378 g/mol. The molecule has 0 bridgehead atoms. The maximum atomic E-state index is 12.6. The highest BCUT2D eigenvalue weighted by atomic mass is 16.5. The first-order valence-electron chi connectivity index (χ1n) is 10.3. The van der Waals surface area contributed by atoms with E-state index >= 15 is 0 Å². The number of nitrogens with one attached hydrogen (secondary N) is 1. The van der Waals surface area contributed by atoms with Crippen LogP contribution in [0.3, 0.4) is 0 Å². The molecule has 0 saturated heterocycles. The maximum Gasteiger partial charge on any atom is 0.291 e. The molecule has 0 aliphatic heterocycles. The highest BCUT2D eigenvalue weighted by Gasteiger charge is 2.15. The van der Waals surface area contributed by atoms with Crippen LogP contribution < -0.4 is 10.1 Å². The SMILES string of the molecule is CCCc1ccc(OCc2ccc(C(=O)Nc3cc(C(C)C)c(O)cc3C)o2)cc1. The van der Waals surface area contributed by atoms with Crippen LogP contribution >= 0.6 is 0 Å². The van der Waals surface area contributed by atoms with Gasteiger partial charge in [0.25, 0.3) is 5.91 Å². The number of carbonyl (C=O) groups excluding carboxylic acids is 1. The third-order valence-corrected chi connectivity index (χ3v) is 4.97. The van der Waals surface area contributed by atoms with E-state index in [0.29, 0.717) is 11.4 Å². The van der Waals surface area contributed by atoms with E-state index in [2.05, 4.69) is 24.4 Å². The lowest BCUT2D eigenvalue weighted by Gasteiger charge is -2.14. The van der Waals surface area contributed by atoms with E-state index in [1.54, 1.807) is 18.2 Å². The standard InChI is InChI=1S/C25H29NO4/c1-5-6-18-7-9-19(10-8-18)29-15-20-11-12-24(30-20)25(28)26-22-14-21(16(2)3)23(27)13-17(22)4/h7-14,16,27H,5-6,15H2,1-4H3,(H,26,28). The number of hydrogen-bond donors (Lipinski definition) is 2. The summed E-state index contributed by atoms with van der Waals surface area (Å²) in [4.78, 5) is 12.6. The van der Waals surface area contributed by atoms with E-state index in [0.717, 1.165) is 29.7 Å². The molecule has 2 aromatic carbocycles. The molecule has 30 heavy (non-hydrogen) atoms. The van der Waals surface area contributed by atoms with Gasteiger partial charge in [-0.25, -0.2) is 0 Å². The van der Waals surface area contributed by atoms with Gasteiger partial charge in [-0.1, -0.05) is 39.3 Å². The molecule has 2 N–H and O–H groups in total. The molecular formula is C25H29NO4. The predicted molar refractivity (Wildman–Crippen MR) is 118 cm³/mol. The van der Waals surface area contributed by atoms with Crippen LogP contribution in [0.4, 0.5) is 5.69 Å². The second-order valence-corrected chi connectivity index (χ2v) is 7.78. The normalized spacial score (nSPS) is 11.0. The van der Waals surface area contributed by atoms with E-state index < -0.39 is 0 Å². The summed E-state index contributed by atoms with van der Waals surface area (Å²) in [5.41, 5.74) is 3.51. The Hall–Kier alpha value is -3.21. The van der Waals surface area contributed by atoms with Crippen molar-refractivity contribution in [1.29, 1.82) is 0 Å². The van der Waals surface area contributed by atoms with Crippen molar-refractivity contribution in [1.82, 2.24) is 0 Å². The number of phenols is 1. The monoisotopic (exact) mass is 407 g/mol. The van der Waals surface area contributed by atoms with Crippen molar-refractivity contribution in [3.05, 3.63) is 76.7 Å². The number of aryl methyl sites for hydroxylation is 2. The average molecular weight is 408 g/mol. The number of benzene rings is 2. The molecule has 0 saturated carbocycles. The number of aromatic hydroxyl groups is 1. The van der Waals surface area contributed by atoms with Gasteiger partial charge < -0.3 is 19.6 Å². The molecule has 5 nitrogen and oxygen atoms in total. The summed E-state index contributed by atoms with van der Waals surface area (Å²) in [7, 11) is 0. The Bertz CT molecular complexity index is 1000. The second kappa shape index (κ2) is 9.53. The van der Waals surface area contributed by atoms with E-state index in [9.17, 15) is 9.90 Å². The lowest BCUT2D eigenvalue weighted by molar-refractivity contribution is 0.0992. The molecule has 3 rings (SSSR count). The van der Waals surface area contributed by atoms with Crippen molar-refractivity contribution < 1.29 is 19.1 Å². The van der Waals surface area contributed by atoms with Gasteiger partial charge in [0.15, 0.2) is 5.76 Å². The van der Waals surface area contributed by atoms with Gasteiger partial charge in [0, 0.05) is 5.69 Å². The Morgan fingerprint density at radius 1 is 1.13 bits per heavy atom. The van der Waals surface area contributed by atoms with Gasteiger partial charge in [-0.2, -0.15) is 0 Å². The summed E-state index contributed by atoms with van der Waals surface area (Å²) < 4.78 is 11.4. The van der Waals surface area contributed by atoms with Crippen LogP contribution in [0.5, 0.6) is 11.5 Å². The van der Waals surface area contributed by atoms with Gasteiger partial charge in [-0.3, -0.25) is 4.79 Å². The predicted octanol–water partition coefficient (Wildman–Crippen LogP) is 6.20. The molecule has 0 aliphatic carbocycles. The zero-order valence-electron chi connectivity index (χ0n) is 18.0. The molecule has 1 heterocycles. The van der Waals surface area contributed by atoms with Crippen LogP contribution in [0.25, 0.3) is 0 Å². The summed E-state index contributed by atoms with van der Waals surface area (Å²) in [5, 5.41) is 13.0. The Kier molecular flexibility index (Phi) is 6.83. The number of hydrogen-bond acceptors (Lipinski definition) is 4. The number of amides is 1. The molecule has 158 valence electrons. The fourth-order valence-corrected chi connectivity index (χ4v) is 3.26. The van der Waals surface area contributed by atoms with Crippen LogP contribution in [-0.2, 0) is 13.0 Å². The number of anilines is 1. The Morgan fingerprint density at radius 3 is 2.53 bits per heavy atom. The van der Waals surface area contributed by atoms with Gasteiger partial charge >= 0.3 is 0 Å². The minimum Gasteiger partial charge on any atom is -0.508 e. The first-order chi connectivity index (χ1) is 14.4. The van der Waals surface area contributed by atoms with Crippen molar-refractivity contribution in [2.45, 2.75) is 53.1 Å². The number of carbonyl (C=O) groups is 1. The van der Waals surface area contributed by atoms with E-state index in [-0.39, 0.29) is 29.9 Å². The van der Waals surface area contributed by atoms with Crippen LogP contribution in [0.2, 0.25) is 0 Å². The first-order valence-corrected chi connectivity index (χ1v) is 10.3. The summed E-state index contributed by atoms with van der Waals surface area (Å²) in [5.74, 6) is 1.59. The van der Waals surface area contributed by atoms with Gasteiger partial charge in [-0.05, 0) is 72.4 Å². The third kappa shape index (κ3) is 5.23. The number of phenolic OH excluding ortho intramolecular Hbond substituents is 1. The van der Waals surface area contributed by atoms with Crippen molar-refractivity contribution in [3.8, 4) is 11.5 Å². The molecule has 0 fully saturated rings. The highest BCUT2D eigenvalue weighted by Crippen LogP contribution is 2.31. The minimum atomic E-state index is -0.339. The van der Waals surface area contributed by atoms with E-state index in [4.69, 9.17) is 9.15 Å². The smallest absolute Gasteiger partial charge is 0.291 e. The number of ether oxygens (including phenoxy) is 1. The van der Waals surface area contributed by atoms with Crippen molar-refractivity contribution in [2.75, 3.05) is 5.32 Å². The van der Waals surface area contributed by atoms with Gasteiger partial charge in [0.2, 0.25) is 0 Å². The summed E-state index contributed by atoms with van der Waals surface area (Å²) in [6.45, 7) is 8.22. The summed E-state index contributed by atoms with van der Waals surface area (Å²) in [6, 6.07) is 14.9. The lowest BCUT2D eigenvalue weighted by atomic mass is 9.99. The lowest BCUT2D eigenvalue weighted by Crippen LogP contribution is -2.12. The molecule has 1 aromatic heterocycles. The van der Waals surface area contributed by atoms with E-state index in [1.807, 2.05) is 39.0 Å². The van der Waals surface area contributed by atoms with Gasteiger partial charge in [0.05, 0.1) is 0 Å². The number of rotatable bonds is 8. The molecule has 0 atom stereocenters. The molecule has 0 unspecified atom stereocenters. The molecule has 0 radical (unpaired) electrons. The van der Waals surface area contributed by atoms with E-state index in [1.165, 1.54) is 5.56 Å². The van der Waals surface area contributed by atoms with Crippen LogP contribution in [0, 0.1) is 6.92 Å². The van der Waals surface area contributed by atoms with Crippen LogP contribution in [0.1, 0.15) is 66.1 Å². The molecule has 0 aliphatic rings.